The molecule has 1 aromatic rings. The molecule has 0 amide bonds. The molecule has 1 aromatic heterocycles. The van der Waals surface area contributed by atoms with Gasteiger partial charge in [-0.05, 0) is 45.6 Å². The molecule has 0 radical (unpaired) electrons. The molecule has 0 saturated heterocycles. The van der Waals surface area contributed by atoms with Crippen LogP contribution in [-0.2, 0) is 16.0 Å². The number of hydrogen-bond donors (Lipinski definition) is 1. The fraction of sp³-hybridized carbons (Fsp3) is 0.615. The van der Waals surface area contributed by atoms with Crippen molar-refractivity contribution in [1.82, 2.24) is 5.32 Å². The molecular formula is C13H21NO2S. The van der Waals surface area contributed by atoms with Gasteiger partial charge in [0.15, 0.2) is 0 Å². The fourth-order valence-corrected chi connectivity index (χ4v) is 2.27. The lowest BCUT2D eigenvalue weighted by Gasteiger charge is -2.20. The van der Waals surface area contributed by atoms with Gasteiger partial charge in [0.05, 0.1) is 6.54 Å². The zero-order valence-corrected chi connectivity index (χ0v) is 11.8. The van der Waals surface area contributed by atoms with Crippen LogP contribution in [0.2, 0.25) is 0 Å². The number of esters is 1. The molecule has 0 bridgehead atoms. The Morgan fingerprint density at radius 3 is 2.76 bits per heavy atom. The van der Waals surface area contributed by atoms with E-state index < -0.39 is 5.60 Å². The summed E-state index contributed by atoms with van der Waals surface area (Å²) in [4.78, 5) is 12.8. The van der Waals surface area contributed by atoms with Crippen molar-refractivity contribution in [2.45, 2.75) is 45.8 Å². The summed E-state index contributed by atoms with van der Waals surface area (Å²) in [7, 11) is 0. The van der Waals surface area contributed by atoms with Gasteiger partial charge < -0.3 is 10.1 Å². The number of thiophene rings is 1. The van der Waals surface area contributed by atoms with Crippen molar-refractivity contribution in [1.29, 1.82) is 0 Å². The van der Waals surface area contributed by atoms with E-state index in [9.17, 15) is 4.79 Å². The smallest absolute Gasteiger partial charge is 0.320 e. The molecule has 1 atom stereocenters. The Bertz CT molecular complexity index is 341. The van der Waals surface area contributed by atoms with Gasteiger partial charge in [-0.25, -0.2) is 0 Å². The lowest BCUT2D eigenvalue weighted by Crippen LogP contribution is -2.36. The minimum Gasteiger partial charge on any atom is -0.459 e. The summed E-state index contributed by atoms with van der Waals surface area (Å²) in [5.74, 6) is -0.199. The Hall–Kier alpha value is -0.870. The summed E-state index contributed by atoms with van der Waals surface area (Å²) in [6.45, 7) is 7.97. The Morgan fingerprint density at radius 2 is 2.24 bits per heavy atom. The number of ether oxygens (including phenoxy) is 1. The monoisotopic (exact) mass is 255 g/mol. The molecule has 0 aliphatic carbocycles. The normalized spacial score (nSPS) is 13.4. The Labute approximate surface area is 107 Å². The molecule has 1 heterocycles. The fourth-order valence-electron chi connectivity index (χ4n) is 1.44. The highest BCUT2D eigenvalue weighted by atomic mass is 32.1. The number of rotatable bonds is 5. The molecule has 3 nitrogen and oxygen atoms in total. The molecule has 0 aromatic carbocycles. The van der Waals surface area contributed by atoms with E-state index in [4.69, 9.17) is 4.74 Å². The molecule has 0 saturated carbocycles. The summed E-state index contributed by atoms with van der Waals surface area (Å²) >= 11 is 1.74. The quantitative estimate of drug-likeness (QED) is 0.822. The van der Waals surface area contributed by atoms with E-state index in [2.05, 4.69) is 23.7 Å². The van der Waals surface area contributed by atoms with E-state index in [0.29, 0.717) is 0 Å². The molecule has 4 heteroatoms. The van der Waals surface area contributed by atoms with E-state index in [1.54, 1.807) is 11.3 Å². The SMILES string of the molecule is CC(Cc1cccs1)NCC(=O)OC(C)(C)C. The third-order valence-electron chi connectivity index (χ3n) is 2.10. The first-order valence-corrected chi connectivity index (χ1v) is 6.72. The second kappa shape index (κ2) is 6.17. The van der Waals surface area contributed by atoms with Crippen molar-refractivity contribution in [2.24, 2.45) is 0 Å². The Kier molecular flexibility index (Phi) is 5.15. The Balaban J connectivity index is 2.24. The predicted octanol–water partition coefficient (Wildman–Crippen LogP) is 2.61. The zero-order chi connectivity index (χ0) is 12.9. The van der Waals surface area contributed by atoms with Gasteiger partial charge >= 0.3 is 5.97 Å². The van der Waals surface area contributed by atoms with Gasteiger partial charge in [-0.3, -0.25) is 4.79 Å². The van der Waals surface area contributed by atoms with Gasteiger partial charge in [0.25, 0.3) is 0 Å². The lowest BCUT2D eigenvalue weighted by atomic mass is 10.2. The standard InChI is InChI=1S/C13H21NO2S/c1-10(8-11-6-5-7-17-11)14-9-12(15)16-13(2,3)4/h5-7,10,14H,8-9H2,1-4H3. The van der Waals surface area contributed by atoms with E-state index in [1.165, 1.54) is 4.88 Å². The first-order chi connectivity index (χ1) is 7.87. The maximum atomic E-state index is 11.5. The molecule has 1 N–H and O–H groups in total. The summed E-state index contributed by atoms with van der Waals surface area (Å²) in [6, 6.07) is 4.43. The van der Waals surface area contributed by atoms with Gasteiger partial charge in [0, 0.05) is 10.9 Å². The highest BCUT2D eigenvalue weighted by molar-refractivity contribution is 7.09. The molecule has 0 fully saturated rings. The second-order valence-corrected chi connectivity index (χ2v) is 6.18. The largest absolute Gasteiger partial charge is 0.459 e. The average Bonchev–Trinajstić information content (AvgIpc) is 2.64. The summed E-state index contributed by atoms with van der Waals surface area (Å²) in [5.41, 5.74) is -0.407. The van der Waals surface area contributed by atoms with Gasteiger partial charge in [-0.15, -0.1) is 11.3 Å². The van der Waals surface area contributed by atoms with Crippen LogP contribution in [0.25, 0.3) is 0 Å². The van der Waals surface area contributed by atoms with E-state index in [-0.39, 0.29) is 18.6 Å². The van der Waals surface area contributed by atoms with E-state index in [0.717, 1.165) is 6.42 Å². The maximum absolute atomic E-state index is 11.5. The average molecular weight is 255 g/mol. The predicted molar refractivity (Wildman–Crippen MR) is 71.3 cm³/mol. The van der Waals surface area contributed by atoms with Gasteiger partial charge in [-0.1, -0.05) is 6.07 Å². The van der Waals surface area contributed by atoms with Crippen LogP contribution in [0, 0.1) is 0 Å². The van der Waals surface area contributed by atoms with Crippen LogP contribution in [0.3, 0.4) is 0 Å². The van der Waals surface area contributed by atoms with E-state index >= 15 is 0 Å². The van der Waals surface area contributed by atoms with Crippen molar-refractivity contribution < 1.29 is 9.53 Å². The molecule has 0 spiro atoms. The van der Waals surface area contributed by atoms with Gasteiger partial charge in [-0.2, -0.15) is 0 Å². The molecule has 0 aliphatic rings. The van der Waals surface area contributed by atoms with Gasteiger partial charge in [0.1, 0.15) is 5.60 Å². The minimum atomic E-state index is -0.407. The van der Waals surface area contributed by atoms with Crippen LogP contribution in [0.5, 0.6) is 0 Å². The topological polar surface area (TPSA) is 38.3 Å². The maximum Gasteiger partial charge on any atom is 0.320 e. The molecular weight excluding hydrogens is 234 g/mol. The van der Waals surface area contributed by atoms with Crippen LogP contribution in [0.1, 0.15) is 32.6 Å². The third-order valence-corrected chi connectivity index (χ3v) is 3.00. The summed E-state index contributed by atoms with van der Waals surface area (Å²) < 4.78 is 5.22. The highest BCUT2D eigenvalue weighted by Crippen LogP contribution is 2.11. The van der Waals surface area contributed by atoms with Crippen molar-refractivity contribution in [3.63, 3.8) is 0 Å². The number of carbonyl (C=O) groups excluding carboxylic acids is 1. The lowest BCUT2D eigenvalue weighted by molar-refractivity contribution is -0.153. The van der Waals surface area contributed by atoms with Crippen molar-refractivity contribution in [2.75, 3.05) is 6.54 Å². The van der Waals surface area contributed by atoms with Crippen molar-refractivity contribution >= 4 is 17.3 Å². The first kappa shape index (κ1) is 14.2. The molecule has 96 valence electrons. The zero-order valence-electron chi connectivity index (χ0n) is 10.9. The number of carbonyl (C=O) groups is 1. The van der Waals surface area contributed by atoms with Crippen LogP contribution in [0.4, 0.5) is 0 Å². The summed E-state index contributed by atoms with van der Waals surface area (Å²) in [5, 5.41) is 5.24. The van der Waals surface area contributed by atoms with E-state index in [1.807, 2.05) is 26.8 Å². The first-order valence-electron chi connectivity index (χ1n) is 5.84. The van der Waals surface area contributed by atoms with Crippen molar-refractivity contribution in [3.8, 4) is 0 Å². The minimum absolute atomic E-state index is 0.199. The van der Waals surface area contributed by atoms with Crippen LogP contribution >= 0.6 is 11.3 Å². The molecule has 1 unspecified atom stereocenters. The second-order valence-electron chi connectivity index (χ2n) is 5.15. The van der Waals surface area contributed by atoms with Crippen LogP contribution in [-0.4, -0.2) is 24.2 Å². The molecule has 0 aliphatic heterocycles. The Morgan fingerprint density at radius 1 is 1.53 bits per heavy atom. The molecule has 1 rings (SSSR count). The number of hydrogen-bond acceptors (Lipinski definition) is 4. The molecule has 17 heavy (non-hydrogen) atoms. The van der Waals surface area contributed by atoms with Crippen molar-refractivity contribution in [3.05, 3.63) is 22.4 Å². The van der Waals surface area contributed by atoms with Crippen LogP contribution < -0.4 is 5.32 Å². The third kappa shape index (κ3) is 6.44. The van der Waals surface area contributed by atoms with Crippen LogP contribution in [0.15, 0.2) is 17.5 Å². The van der Waals surface area contributed by atoms with Gasteiger partial charge in [0.2, 0.25) is 0 Å². The number of nitrogens with one attached hydrogen (secondary N) is 1. The highest BCUT2D eigenvalue weighted by Gasteiger charge is 2.16. The summed E-state index contributed by atoms with van der Waals surface area (Å²) in [6.07, 6.45) is 0.945.